The van der Waals surface area contributed by atoms with Crippen molar-refractivity contribution >= 4 is 0 Å². The molecule has 1 nitrogen and oxygen atoms in total. The lowest BCUT2D eigenvalue weighted by Crippen LogP contribution is -1.87. The van der Waals surface area contributed by atoms with Crippen molar-refractivity contribution in [2.45, 2.75) is 18.8 Å². The number of rotatable bonds is 2. The van der Waals surface area contributed by atoms with Gasteiger partial charge in [-0.25, -0.2) is 4.39 Å². The predicted octanol–water partition coefficient (Wildman–Crippen LogP) is 3.96. The van der Waals surface area contributed by atoms with E-state index in [4.69, 9.17) is 4.42 Å². The summed E-state index contributed by atoms with van der Waals surface area (Å²) in [5, 5.41) is 0. The Morgan fingerprint density at radius 1 is 1.20 bits per heavy atom. The quantitative estimate of drug-likeness (QED) is 0.718. The minimum atomic E-state index is -0.0900. The van der Waals surface area contributed by atoms with Crippen LogP contribution in [0.5, 0.6) is 0 Å². The molecule has 0 saturated heterocycles. The average Bonchev–Trinajstić information content (AvgIpc) is 2.94. The lowest BCUT2D eigenvalue weighted by Gasteiger charge is -2.03. The number of furan rings is 1. The van der Waals surface area contributed by atoms with Crippen molar-refractivity contribution in [3.63, 3.8) is 0 Å². The second-order valence-electron chi connectivity index (χ2n) is 3.99. The minimum absolute atomic E-state index is 0.0900. The van der Waals surface area contributed by atoms with Gasteiger partial charge in [0, 0.05) is 5.56 Å². The van der Waals surface area contributed by atoms with Crippen LogP contribution < -0.4 is 0 Å². The monoisotopic (exact) mass is 202 g/mol. The Kier molecular flexibility index (Phi) is 1.88. The second kappa shape index (κ2) is 3.23. The molecule has 1 aromatic carbocycles. The summed E-state index contributed by atoms with van der Waals surface area (Å²) >= 11 is 0. The van der Waals surface area contributed by atoms with Gasteiger partial charge in [-0.2, -0.15) is 0 Å². The number of benzene rings is 1. The molecule has 0 spiro atoms. The Bertz CT molecular complexity index is 469. The molecule has 0 radical (unpaired) electrons. The first-order chi connectivity index (χ1) is 7.34. The van der Waals surface area contributed by atoms with Crippen LogP contribution in [0.4, 0.5) is 4.39 Å². The molecule has 0 aliphatic heterocycles. The van der Waals surface area contributed by atoms with Crippen LogP contribution in [-0.2, 0) is 0 Å². The molecule has 1 aliphatic rings. The standard InChI is InChI=1S/C13H11FO/c14-12-6-5-10(13-2-1-7-15-13)8-11(12)9-3-4-9/h1-2,5-9H,3-4H2. The highest BCUT2D eigenvalue weighted by molar-refractivity contribution is 5.59. The van der Waals surface area contributed by atoms with E-state index in [2.05, 4.69) is 0 Å². The normalized spacial score (nSPS) is 15.5. The van der Waals surface area contributed by atoms with Crippen LogP contribution in [0, 0.1) is 5.82 Å². The molecule has 1 fully saturated rings. The predicted molar refractivity (Wildman–Crippen MR) is 56.1 cm³/mol. The van der Waals surface area contributed by atoms with Crippen molar-refractivity contribution in [3.05, 3.63) is 48.0 Å². The molecule has 15 heavy (non-hydrogen) atoms. The highest BCUT2D eigenvalue weighted by Gasteiger charge is 2.26. The summed E-state index contributed by atoms with van der Waals surface area (Å²) < 4.78 is 18.8. The summed E-state index contributed by atoms with van der Waals surface area (Å²) in [5.74, 6) is 1.14. The number of hydrogen-bond acceptors (Lipinski definition) is 1. The fraction of sp³-hybridized carbons (Fsp3) is 0.231. The van der Waals surface area contributed by atoms with E-state index in [9.17, 15) is 4.39 Å². The Labute approximate surface area is 87.5 Å². The molecule has 1 saturated carbocycles. The van der Waals surface area contributed by atoms with E-state index in [0.29, 0.717) is 5.92 Å². The third kappa shape index (κ3) is 1.56. The first-order valence-electron chi connectivity index (χ1n) is 5.18. The smallest absolute Gasteiger partial charge is 0.133 e. The molecule has 0 N–H and O–H groups in total. The van der Waals surface area contributed by atoms with Crippen molar-refractivity contribution < 1.29 is 8.81 Å². The minimum Gasteiger partial charge on any atom is -0.464 e. The van der Waals surface area contributed by atoms with Crippen LogP contribution in [0.25, 0.3) is 11.3 Å². The van der Waals surface area contributed by atoms with E-state index in [1.54, 1.807) is 12.3 Å². The topological polar surface area (TPSA) is 13.1 Å². The maximum atomic E-state index is 13.5. The average molecular weight is 202 g/mol. The molecule has 76 valence electrons. The van der Waals surface area contributed by atoms with Gasteiger partial charge in [-0.05, 0) is 54.7 Å². The fourth-order valence-electron chi connectivity index (χ4n) is 1.85. The Hall–Kier alpha value is -1.57. The SMILES string of the molecule is Fc1ccc(-c2ccco2)cc1C1CC1. The van der Waals surface area contributed by atoms with E-state index in [1.165, 1.54) is 6.07 Å². The largest absolute Gasteiger partial charge is 0.464 e. The zero-order valence-electron chi connectivity index (χ0n) is 8.24. The highest BCUT2D eigenvalue weighted by atomic mass is 19.1. The molecule has 2 aromatic rings. The lowest BCUT2D eigenvalue weighted by atomic mass is 10.0. The maximum absolute atomic E-state index is 13.5. The molecule has 1 aliphatic carbocycles. The molecule has 2 heteroatoms. The molecule has 0 amide bonds. The second-order valence-corrected chi connectivity index (χ2v) is 3.99. The van der Waals surface area contributed by atoms with E-state index < -0.39 is 0 Å². The number of halogens is 1. The van der Waals surface area contributed by atoms with Gasteiger partial charge < -0.3 is 4.42 Å². The molecule has 0 atom stereocenters. The molecule has 0 unspecified atom stereocenters. The molecule has 1 aromatic heterocycles. The Balaban J connectivity index is 2.06. The van der Waals surface area contributed by atoms with Crippen molar-refractivity contribution in [2.75, 3.05) is 0 Å². The van der Waals surface area contributed by atoms with Crippen LogP contribution in [0.2, 0.25) is 0 Å². The van der Waals surface area contributed by atoms with Gasteiger partial charge in [0.2, 0.25) is 0 Å². The van der Waals surface area contributed by atoms with E-state index in [-0.39, 0.29) is 5.82 Å². The summed E-state index contributed by atoms with van der Waals surface area (Å²) in [4.78, 5) is 0. The summed E-state index contributed by atoms with van der Waals surface area (Å²) in [5.41, 5.74) is 1.80. The number of hydrogen-bond donors (Lipinski definition) is 0. The van der Waals surface area contributed by atoms with Crippen molar-refractivity contribution in [1.82, 2.24) is 0 Å². The summed E-state index contributed by atoms with van der Waals surface area (Å²) in [6.45, 7) is 0. The first kappa shape index (κ1) is 8.72. The van der Waals surface area contributed by atoms with Crippen LogP contribution in [-0.4, -0.2) is 0 Å². The van der Waals surface area contributed by atoms with Gasteiger partial charge in [-0.3, -0.25) is 0 Å². The van der Waals surface area contributed by atoms with E-state index >= 15 is 0 Å². The summed E-state index contributed by atoms with van der Waals surface area (Å²) in [6.07, 6.45) is 3.85. The molecule has 0 bridgehead atoms. The van der Waals surface area contributed by atoms with Gasteiger partial charge >= 0.3 is 0 Å². The highest BCUT2D eigenvalue weighted by Crippen LogP contribution is 2.42. The third-order valence-corrected chi connectivity index (χ3v) is 2.82. The first-order valence-corrected chi connectivity index (χ1v) is 5.18. The zero-order valence-corrected chi connectivity index (χ0v) is 8.24. The summed E-state index contributed by atoms with van der Waals surface area (Å²) in [6, 6.07) is 8.94. The van der Waals surface area contributed by atoms with E-state index in [0.717, 1.165) is 29.7 Å². The Morgan fingerprint density at radius 3 is 2.73 bits per heavy atom. The zero-order chi connectivity index (χ0) is 10.3. The van der Waals surface area contributed by atoms with Gasteiger partial charge in [-0.1, -0.05) is 0 Å². The molecule has 1 heterocycles. The molecule has 3 rings (SSSR count). The Morgan fingerprint density at radius 2 is 2.07 bits per heavy atom. The fourth-order valence-corrected chi connectivity index (χ4v) is 1.85. The van der Waals surface area contributed by atoms with Gasteiger partial charge in [0.05, 0.1) is 6.26 Å². The summed E-state index contributed by atoms with van der Waals surface area (Å²) in [7, 11) is 0. The maximum Gasteiger partial charge on any atom is 0.133 e. The van der Waals surface area contributed by atoms with Crippen molar-refractivity contribution in [3.8, 4) is 11.3 Å². The van der Waals surface area contributed by atoms with Crippen LogP contribution >= 0.6 is 0 Å². The van der Waals surface area contributed by atoms with Crippen molar-refractivity contribution in [1.29, 1.82) is 0 Å². The van der Waals surface area contributed by atoms with E-state index in [1.807, 2.05) is 18.2 Å². The van der Waals surface area contributed by atoms with Gasteiger partial charge in [-0.15, -0.1) is 0 Å². The van der Waals surface area contributed by atoms with Gasteiger partial charge in [0.15, 0.2) is 0 Å². The lowest BCUT2D eigenvalue weighted by molar-refractivity contribution is 0.581. The molecular weight excluding hydrogens is 191 g/mol. The van der Waals surface area contributed by atoms with Gasteiger partial charge in [0.25, 0.3) is 0 Å². The van der Waals surface area contributed by atoms with Crippen LogP contribution in [0.1, 0.15) is 24.3 Å². The van der Waals surface area contributed by atoms with Crippen molar-refractivity contribution in [2.24, 2.45) is 0 Å². The molecular formula is C13H11FO. The third-order valence-electron chi connectivity index (χ3n) is 2.82. The van der Waals surface area contributed by atoms with Crippen LogP contribution in [0.3, 0.4) is 0 Å². The van der Waals surface area contributed by atoms with Gasteiger partial charge in [0.1, 0.15) is 11.6 Å². The van der Waals surface area contributed by atoms with Crippen LogP contribution in [0.15, 0.2) is 41.0 Å².